The van der Waals surface area contributed by atoms with E-state index in [-0.39, 0.29) is 18.5 Å². The Bertz CT molecular complexity index is 386. The summed E-state index contributed by atoms with van der Waals surface area (Å²) in [5.74, 6) is 0.0960. The first-order chi connectivity index (χ1) is 8.76. The molecule has 0 aliphatic carbocycles. The number of hydrogen-bond donors (Lipinski definition) is 2. The Balaban J connectivity index is 2.15. The lowest BCUT2D eigenvalue weighted by atomic mass is 9.95. The number of hydrogen-bond acceptors (Lipinski definition) is 3. The van der Waals surface area contributed by atoms with Crippen LogP contribution in [-0.4, -0.2) is 36.2 Å². The normalized spacial score (nSPS) is 22.9. The lowest BCUT2D eigenvalue weighted by molar-refractivity contribution is 0.0888. The molecule has 2 atom stereocenters. The zero-order valence-corrected chi connectivity index (χ0v) is 10.6. The number of aliphatic hydroxyl groups is 1. The third-order valence-electron chi connectivity index (χ3n) is 3.74. The summed E-state index contributed by atoms with van der Waals surface area (Å²) < 4.78 is 13.8. The minimum Gasteiger partial charge on any atom is -0.396 e. The van der Waals surface area contributed by atoms with E-state index in [0.29, 0.717) is 18.0 Å². The van der Waals surface area contributed by atoms with Crippen molar-refractivity contribution >= 4 is 0 Å². The average molecular weight is 252 g/mol. The molecule has 1 aliphatic heterocycles. The third kappa shape index (κ3) is 2.88. The van der Waals surface area contributed by atoms with Gasteiger partial charge in [-0.2, -0.15) is 0 Å². The molecule has 0 amide bonds. The standard InChI is InChI=1S/C14H21FN2O/c15-13-6-2-1-5-12(13)14(8-16)17-7-3-4-11(9-17)10-18/h1-2,5-6,11,14,18H,3-4,7-10,16H2. The van der Waals surface area contributed by atoms with Crippen LogP contribution >= 0.6 is 0 Å². The molecule has 0 radical (unpaired) electrons. The molecular formula is C14H21FN2O. The van der Waals surface area contributed by atoms with Gasteiger partial charge in [0.1, 0.15) is 5.82 Å². The van der Waals surface area contributed by atoms with Crippen LogP contribution in [0.2, 0.25) is 0 Å². The van der Waals surface area contributed by atoms with Gasteiger partial charge in [0.2, 0.25) is 0 Å². The monoisotopic (exact) mass is 252 g/mol. The maximum Gasteiger partial charge on any atom is 0.128 e. The summed E-state index contributed by atoms with van der Waals surface area (Å²) in [7, 11) is 0. The Labute approximate surface area is 107 Å². The molecule has 0 bridgehead atoms. The van der Waals surface area contributed by atoms with Crippen molar-refractivity contribution < 1.29 is 9.50 Å². The SMILES string of the molecule is NCC(c1ccccc1F)N1CCCC(CO)C1. The van der Waals surface area contributed by atoms with Gasteiger partial charge in [0, 0.05) is 31.3 Å². The second-order valence-corrected chi connectivity index (χ2v) is 4.96. The van der Waals surface area contributed by atoms with Gasteiger partial charge in [0.15, 0.2) is 0 Å². The summed E-state index contributed by atoms with van der Waals surface area (Å²) in [6.45, 7) is 2.32. The Morgan fingerprint density at radius 1 is 1.44 bits per heavy atom. The first-order valence-corrected chi connectivity index (χ1v) is 6.55. The first-order valence-electron chi connectivity index (χ1n) is 6.55. The highest BCUT2D eigenvalue weighted by Crippen LogP contribution is 2.27. The second-order valence-electron chi connectivity index (χ2n) is 4.96. The molecule has 3 nitrogen and oxygen atoms in total. The van der Waals surface area contributed by atoms with E-state index >= 15 is 0 Å². The number of nitrogens with zero attached hydrogens (tertiary/aromatic N) is 1. The van der Waals surface area contributed by atoms with Crippen molar-refractivity contribution in [1.82, 2.24) is 4.90 Å². The summed E-state index contributed by atoms with van der Waals surface area (Å²) in [6.07, 6.45) is 2.08. The van der Waals surface area contributed by atoms with E-state index in [4.69, 9.17) is 5.73 Å². The maximum atomic E-state index is 13.8. The minimum atomic E-state index is -0.195. The van der Waals surface area contributed by atoms with Crippen LogP contribution in [0.4, 0.5) is 4.39 Å². The van der Waals surface area contributed by atoms with E-state index < -0.39 is 0 Å². The number of benzene rings is 1. The number of halogens is 1. The van der Waals surface area contributed by atoms with E-state index in [9.17, 15) is 9.50 Å². The molecule has 1 heterocycles. The van der Waals surface area contributed by atoms with Gasteiger partial charge in [-0.15, -0.1) is 0 Å². The molecule has 3 N–H and O–H groups in total. The van der Waals surface area contributed by atoms with E-state index in [2.05, 4.69) is 4.90 Å². The molecule has 0 saturated carbocycles. The Morgan fingerprint density at radius 2 is 2.22 bits per heavy atom. The number of piperidine rings is 1. The summed E-state index contributed by atoms with van der Waals surface area (Å²) in [4.78, 5) is 2.20. The highest BCUT2D eigenvalue weighted by Gasteiger charge is 2.27. The lowest BCUT2D eigenvalue weighted by Gasteiger charge is -2.37. The minimum absolute atomic E-state index is 0.0828. The van der Waals surface area contributed by atoms with Gasteiger partial charge < -0.3 is 10.8 Å². The molecular weight excluding hydrogens is 231 g/mol. The summed E-state index contributed by atoms with van der Waals surface area (Å²) >= 11 is 0. The average Bonchev–Trinajstić information content (AvgIpc) is 2.42. The van der Waals surface area contributed by atoms with Crippen LogP contribution in [0.5, 0.6) is 0 Å². The first kappa shape index (κ1) is 13.5. The van der Waals surface area contributed by atoms with Gasteiger partial charge in [-0.3, -0.25) is 4.90 Å². The van der Waals surface area contributed by atoms with Gasteiger partial charge in [-0.1, -0.05) is 18.2 Å². The molecule has 4 heteroatoms. The number of aliphatic hydroxyl groups excluding tert-OH is 1. The van der Waals surface area contributed by atoms with Crippen LogP contribution in [-0.2, 0) is 0 Å². The molecule has 100 valence electrons. The fourth-order valence-electron chi connectivity index (χ4n) is 2.75. The maximum absolute atomic E-state index is 13.8. The predicted octanol–water partition coefficient (Wildman–Crippen LogP) is 1.53. The largest absolute Gasteiger partial charge is 0.396 e. The number of rotatable bonds is 4. The van der Waals surface area contributed by atoms with Crippen LogP contribution in [0, 0.1) is 11.7 Å². The summed E-state index contributed by atoms with van der Waals surface area (Å²) in [5.41, 5.74) is 6.49. The molecule has 0 aromatic heterocycles. The van der Waals surface area contributed by atoms with E-state index in [1.165, 1.54) is 6.07 Å². The van der Waals surface area contributed by atoms with Crippen molar-refractivity contribution in [1.29, 1.82) is 0 Å². The number of nitrogens with two attached hydrogens (primary N) is 1. The molecule has 1 aromatic rings. The second kappa shape index (κ2) is 6.27. The molecule has 2 rings (SSSR count). The van der Waals surface area contributed by atoms with Crippen molar-refractivity contribution in [2.75, 3.05) is 26.2 Å². The van der Waals surface area contributed by atoms with Crippen LogP contribution in [0.15, 0.2) is 24.3 Å². The van der Waals surface area contributed by atoms with Crippen molar-refractivity contribution in [2.24, 2.45) is 11.7 Å². The van der Waals surface area contributed by atoms with Crippen molar-refractivity contribution in [3.8, 4) is 0 Å². The van der Waals surface area contributed by atoms with Gasteiger partial charge in [-0.05, 0) is 31.4 Å². The van der Waals surface area contributed by atoms with Crippen LogP contribution in [0.25, 0.3) is 0 Å². The Hall–Kier alpha value is -0.970. The summed E-state index contributed by atoms with van der Waals surface area (Å²) in [6, 6.07) is 6.73. The van der Waals surface area contributed by atoms with Crippen molar-refractivity contribution in [3.05, 3.63) is 35.6 Å². The van der Waals surface area contributed by atoms with Gasteiger partial charge >= 0.3 is 0 Å². The molecule has 18 heavy (non-hydrogen) atoms. The Kier molecular flexibility index (Phi) is 4.69. The van der Waals surface area contributed by atoms with E-state index in [1.54, 1.807) is 12.1 Å². The lowest BCUT2D eigenvalue weighted by Crippen LogP contribution is -2.42. The predicted molar refractivity (Wildman–Crippen MR) is 69.6 cm³/mol. The van der Waals surface area contributed by atoms with Gasteiger partial charge in [0.25, 0.3) is 0 Å². The highest BCUT2D eigenvalue weighted by atomic mass is 19.1. The molecule has 1 aliphatic rings. The van der Waals surface area contributed by atoms with E-state index in [1.807, 2.05) is 6.07 Å². The topological polar surface area (TPSA) is 49.5 Å². The van der Waals surface area contributed by atoms with Crippen LogP contribution < -0.4 is 5.73 Å². The zero-order valence-electron chi connectivity index (χ0n) is 10.6. The molecule has 0 spiro atoms. The number of likely N-dealkylation sites (tertiary alicyclic amines) is 1. The van der Waals surface area contributed by atoms with Crippen molar-refractivity contribution in [3.63, 3.8) is 0 Å². The van der Waals surface area contributed by atoms with Gasteiger partial charge in [0.05, 0.1) is 0 Å². The molecule has 1 saturated heterocycles. The highest BCUT2D eigenvalue weighted by molar-refractivity contribution is 5.21. The van der Waals surface area contributed by atoms with Crippen molar-refractivity contribution in [2.45, 2.75) is 18.9 Å². The zero-order chi connectivity index (χ0) is 13.0. The third-order valence-corrected chi connectivity index (χ3v) is 3.74. The van der Waals surface area contributed by atoms with Crippen LogP contribution in [0.1, 0.15) is 24.4 Å². The molecule has 1 aromatic carbocycles. The van der Waals surface area contributed by atoms with Crippen LogP contribution in [0.3, 0.4) is 0 Å². The quantitative estimate of drug-likeness (QED) is 0.854. The fourth-order valence-corrected chi connectivity index (χ4v) is 2.75. The van der Waals surface area contributed by atoms with Gasteiger partial charge in [-0.25, -0.2) is 4.39 Å². The Morgan fingerprint density at radius 3 is 2.89 bits per heavy atom. The fraction of sp³-hybridized carbons (Fsp3) is 0.571. The molecule has 1 fully saturated rings. The van der Waals surface area contributed by atoms with E-state index in [0.717, 1.165) is 25.9 Å². The molecule has 2 unspecified atom stereocenters. The smallest absolute Gasteiger partial charge is 0.128 e. The summed E-state index contributed by atoms with van der Waals surface area (Å²) in [5, 5.41) is 9.26.